The molecule has 192 valence electrons. The molecule has 5 rings (SSSR count). The Kier molecular flexibility index (Phi) is 7.18. The van der Waals surface area contributed by atoms with E-state index in [-0.39, 0.29) is 28.8 Å². The largest absolute Gasteiger partial charge is 0.369 e. The number of pyridine rings is 1. The smallest absolute Gasteiger partial charge is 0.256 e. The molecular weight excluding hydrogens is 490 g/mol. The van der Waals surface area contributed by atoms with Gasteiger partial charge in [0.05, 0.1) is 41.0 Å². The SMILES string of the molecule is CC#CCN1CCCC(c2nc(-c3ccc(C(=O)Nc4cc(C#N)ccn4)cc3C#N)n3c(N)nccc23)C1. The summed E-state index contributed by atoms with van der Waals surface area (Å²) < 4.78 is 1.77. The van der Waals surface area contributed by atoms with Crippen LogP contribution < -0.4 is 11.1 Å². The highest BCUT2D eigenvalue weighted by Gasteiger charge is 2.27. The maximum atomic E-state index is 12.9. The number of nitriles is 2. The van der Waals surface area contributed by atoms with Crippen molar-refractivity contribution >= 4 is 23.2 Å². The van der Waals surface area contributed by atoms with Crippen LogP contribution in [0.2, 0.25) is 0 Å². The minimum absolute atomic E-state index is 0.176. The average molecular weight is 516 g/mol. The van der Waals surface area contributed by atoms with Crippen molar-refractivity contribution in [1.29, 1.82) is 10.5 Å². The first-order valence-corrected chi connectivity index (χ1v) is 12.5. The molecule has 10 nitrogen and oxygen atoms in total. The van der Waals surface area contributed by atoms with E-state index in [1.54, 1.807) is 28.8 Å². The molecule has 1 saturated heterocycles. The van der Waals surface area contributed by atoms with E-state index in [1.807, 2.05) is 19.1 Å². The number of likely N-dealkylation sites (tertiary alicyclic amines) is 1. The minimum Gasteiger partial charge on any atom is -0.369 e. The summed E-state index contributed by atoms with van der Waals surface area (Å²) in [6, 6.07) is 14.0. The molecule has 10 heteroatoms. The highest BCUT2D eigenvalue weighted by molar-refractivity contribution is 6.04. The third-order valence-electron chi connectivity index (χ3n) is 6.76. The Morgan fingerprint density at radius 3 is 2.79 bits per heavy atom. The zero-order chi connectivity index (χ0) is 27.4. The summed E-state index contributed by atoms with van der Waals surface area (Å²) in [6.07, 6.45) is 5.12. The van der Waals surface area contributed by atoms with Gasteiger partial charge in [0.1, 0.15) is 11.6 Å². The molecular formula is C29H25N9O. The van der Waals surface area contributed by atoms with Crippen molar-refractivity contribution in [3.63, 3.8) is 0 Å². The van der Waals surface area contributed by atoms with E-state index >= 15 is 0 Å². The Hall–Kier alpha value is -5.24. The molecule has 0 spiro atoms. The van der Waals surface area contributed by atoms with Crippen LogP contribution in [0.25, 0.3) is 16.9 Å². The van der Waals surface area contributed by atoms with Crippen LogP contribution in [0.4, 0.5) is 11.8 Å². The molecule has 1 aromatic carbocycles. The number of aromatic nitrogens is 4. The topological polar surface area (TPSA) is 149 Å². The number of nitrogen functional groups attached to an aromatic ring is 1. The van der Waals surface area contributed by atoms with Crippen LogP contribution in [-0.2, 0) is 0 Å². The second-order valence-corrected chi connectivity index (χ2v) is 9.21. The van der Waals surface area contributed by atoms with Crippen LogP contribution in [0.3, 0.4) is 0 Å². The molecule has 0 radical (unpaired) electrons. The Bertz CT molecular complexity index is 1710. The molecule has 0 saturated carbocycles. The van der Waals surface area contributed by atoms with E-state index in [1.165, 1.54) is 18.3 Å². The average Bonchev–Trinajstić information content (AvgIpc) is 3.36. The van der Waals surface area contributed by atoms with E-state index in [2.05, 4.69) is 38.1 Å². The first-order chi connectivity index (χ1) is 19.0. The van der Waals surface area contributed by atoms with E-state index < -0.39 is 5.91 Å². The third-order valence-corrected chi connectivity index (χ3v) is 6.76. The van der Waals surface area contributed by atoms with Crippen molar-refractivity contribution in [1.82, 2.24) is 24.3 Å². The van der Waals surface area contributed by atoms with Gasteiger partial charge in [0.25, 0.3) is 5.91 Å². The fourth-order valence-corrected chi connectivity index (χ4v) is 4.91. The van der Waals surface area contributed by atoms with Crippen LogP contribution in [0.1, 0.15) is 52.9 Å². The molecule has 1 fully saturated rings. The first kappa shape index (κ1) is 25.4. The van der Waals surface area contributed by atoms with Crippen LogP contribution in [-0.4, -0.2) is 49.8 Å². The van der Waals surface area contributed by atoms with E-state index in [0.29, 0.717) is 23.5 Å². The van der Waals surface area contributed by atoms with Crippen molar-refractivity contribution < 1.29 is 4.79 Å². The van der Waals surface area contributed by atoms with Crippen molar-refractivity contribution in [2.75, 3.05) is 30.7 Å². The number of nitrogens with zero attached hydrogens (tertiary/aromatic N) is 7. The number of hydrogen-bond acceptors (Lipinski definition) is 8. The second kappa shape index (κ2) is 11.0. The normalized spacial score (nSPS) is 15.1. The Balaban J connectivity index is 1.51. The van der Waals surface area contributed by atoms with Crippen LogP contribution in [0.5, 0.6) is 0 Å². The number of carbonyl (C=O) groups is 1. The van der Waals surface area contributed by atoms with E-state index in [0.717, 1.165) is 37.1 Å². The monoisotopic (exact) mass is 515 g/mol. The molecule has 1 unspecified atom stereocenters. The summed E-state index contributed by atoms with van der Waals surface area (Å²) in [5.41, 5.74) is 9.53. The highest BCUT2D eigenvalue weighted by Crippen LogP contribution is 2.34. The minimum atomic E-state index is -0.451. The lowest BCUT2D eigenvalue weighted by Gasteiger charge is -2.30. The number of anilines is 2. The number of nitrogens with one attached hydrogen (secondary N) is 1. The summed E-state index contributed by atoms with van der Waals surface area (Å²) in [6.45, 7) is 4.38. The standard InChI is InChI=1S/C29H25N9O/c1-2-3-12-37-13-4-5-21(18-37)26-24-9-11-34-29(32)38(24)27(36-26)23-7-6-20(15-22(23)17-31)28(39)35-25-14-19(16-30)8-10-33-25/h6-11,14-15,21H,4-5,12-13,18H2,1H3,(H2,32,34)(H,33,35,39). The summed E-state index contributed by atoms with van der Waals surface area (Å²) in [7, 11) is 0. The number of benzene rings is 1. The molecule has 4 aromatic rings. The molecule has 3 N–H and O–H groups in total. The molecule has 1 atom stereocenters. The molecule has 3 aromatic heterocycles. The van der Waals surface area contributed by atoms with Gasteiger partial charge in [-0.15, -0.1) is 5.92 Å². The van der Waals surface area contributed by atoms with Gasteiger partial charge in [-0.05, 0) is 62.7 Å². The van der Waals surface area contributed by atoms with Crippen LogP contribution in [0.15, 0.2) is 48.8 Å². The quantitative estimate of drug-likeness (QED) is 0.383. The fourth-order valence-electron chi connectivity index (χ4n) is 4.91. The molecule has 1 aliphatic heterocycles. The van der Waals surface area contributed by atoms with Gasteiger partial charge in [0, 0.05) is 36.0 Å². The predicted octanol–water partition coefficient (Wildman–Crippen LogP) is 3.57. The van der Waals surface area contributed by atoms with Gasteiger partial charge < -0.3 is 11.1 Å². The number of hydrogen-bond donors (Lipinski definition) is 2. The zero-order valence-corrected chi connectivity index (χ0v) is 21.3. The van der Waals surface area contributed by atoms with Gasteiger partial charge in [-0.1, -0.05) is 5.92 Å². The Morgan fingerprint density at radius 2 is 2.00 bits per heavy atom. The van der Waals surface area contributed by atoms with Gasteiger partial charge in [0.2, 0.25) is 5.95 Å². The Labute approximate surface area is 225 Å². The lowest BCUT2D eigenvalue weighted by Crippen LogP contribution is -2.34. The van der Waals surface area contributed by atoms with Gasteiger partial charge in [-0.2, -0.15) is 10.5 Å². The zero-order valence-electron chi connectivity index (χ0n) is 21.3. The van der Waals surface area contributed by atoms with E-state index in [9.17, 15) is 10.1 Å². The van der Waals surface area contributed by atoms with Crippen LogP contribution in [0, 0.1) is 34.5 Å². The summed E-state index contributed by atoms with van der Waals surface area (Å²) in [4.78, 5) is 28.6. The molecule has 1 amide bonds. The molecule has 1 aliphatic rings. The van der Waals surface area contributed by atoms with Crippen molar-refractivity contribution in [2.24, 2.45) is 0 Å². The first-order valence-electron chi connectivity index (χ1n) is 12.5. The summed E-state index contributed by atoms with van der Waals surface area (Å²) in [5, 5.41) is 21.8. The van der Waals surface area contributed by atoms with E-state index in [4.69, 9.17) is 16.0 Å². The third kappa shape index (κ3) is 5.13. The maximum Gasteiger partial charge on any atom is 0.256 e. The van der Waals surface area contributed by atoms with Crippen molar-refractivity contribution in [2.45, 2.75) is 25.7 Å². The van der Waals surface area contributed by atoms with Crippen molar-refractivity contribution in [3.8, 4) is 35.4 Å². The fraction of sp³-hybridized carbons (Fsp3) is 0.241. The number of carbonyl (C=O) groups excluding carboxylic acids is 1. The van der Waals surface area contributed by atoms with Gasteiger partial charge in [-0.3, -0.25) is 14.1 Å². The number of rotatable bonds is 5. The molecule has 39 heavy (non-hydrogen) atoms. The van der Waals surface area contributed by atoms with Gasteiger partial charge >= 0.3 is 0 Å². The predicted molar refractivity (Wildman–Crippen MR) is 146 cm³/mol. The van der Waals surface area contributed by atoms with Crippen molar-refractivity contribution in [3.05, 3.63) is 71.2 Å². The molecule has 0 bridgehead atoms. The summed E-state index contributed by atoms with van der Waals surface area (Å²) in [5.74, 6) is 6.85. The highest BCUT2D eigenvalue weighted by atomic mass is 16.1. The second-order valence-electron chi connectivity index (χ2n) is 9.21. The number of imidazole rings is 1. The maximum absolute atomic E-state index is 12.9. The number of piperidine rings is 1. The number of fused-ring (bicyclic) bond motifs is 1. The lowest BCUT2D eigenvalue weighted by atomic mass is 9.94. The number of amides is 1. The Morgan fingerprint density at radius 1 is 1.15 bits per heavy atom. The van der Waals surface area contributed by atoms with Gasteiger partial charge in [0.15, 0.2) is 0 Å². The molecule has 0 aliphatic carbocycles. The van der Waals surface area contributed by atoms with Gasteiger partial charge in [-0.25, -0.2) is 15.0 Å². The molecule has 4 heterocycles. The lowest BCUT2D eigenvalue weighted by molar-refractivity contribution is 0.102. The number of nitrogens with two attached hydrogens (primary N) is 1. The van der Waals surface area contributed by atoms with Crippen LogP contribution >= 0.6 is 0 Å². The summed E-state index contributed by atoms with van der Waals surface area (Å²) >= 11 is 0.